The molecule has 1 aromatic heterocycles. The van der Waals surface area contributed by atoms with Gasteiger partial charge in [0.2, 0.25) is 10.0 Å². The highest BCUT2D eigenvalue weighted by Gasteiger charge is 2.16. The van der Waals surface area contributed by atoms with Crippen LogP contribution in [0, 0.1) is 0 Å². The van der Waals surface area contributed by atoms with Crippen molar-refractivity contribution in [3.05, 3.63) is 41.7 Å². The van der Waals surface area contributed by atoms with Crippen LogP contribution in [-0.4, -0.2) is 30.0 Å². The van der Waals surface area contributed by atoms with E-state index in [1.165, 1.54) is 29.3 Å². The minimum absolute atomic E-state index is 0.0695. The molecule has 0 aliphatic heterocycles. The Kier molecular flexibility index (Phi) is 3.95. The second-order valence-corrected chi connectivity index (χ2v) is 5.60. The number of nitrogens with one attached hydrogen (secondary N) is 1. The van der Waals surface area contributed by atoms with Crippen molar-refractivity contribution in [2.45, 2.75) is 11.4 Å². The van der Waals surface area contributed by atoms with Crippen LogP contribution in [0.3, 0.4) is 0 Å². The first-order valence-corrected chi connectivity index (χ1v) is 7.04. The van der Waals surface area contributed by atoms with E-state index in [2.05, 4.69) is 14.9 Å². The Balaban J connectivity index is 2.02. The molecule has 0 saturated carbocycles. The van der Waals surface area contributed by atoms with E-state index in [1.54, 1.807) is 12.1 Å². The largest absolute Gasteiger partial charge is 0.242 e. The lowest BCUT2D eigenvalue weighted by atomic mass is 10.4. The number of hydrogen-bond donors (Lipinski definition) is 1. The van der Waals surface area contributed by atoms with Gasteiger partial charge >= 0.3 is 0 Å². The van der Waals surface area contributed by atoms with Gasteiger partial charge in [0.05, 0.1) is 24.0 Å². The molecule has 0 atom stereocenters. The van der Waals surface area contributed by atoms with Gasteiger partial charge in [0.1, 0.15) is 4.90 Å². The number of sulfonamides is 1. The van der Waals surface area contributed by atoms with Crippen LogP contribution in [0.15, 0.2) is 41.6 Å². The van der Waals surface area contributed by atoms with Crippen LogP contribution in [-0.2, 0) is 16.6 Å². The van der Waals surface area contributed by atoms with Gasteiger partial charge < -0.3 is 0 Å². The minimum atomic E-state index is -3.60. The molecule has 1 heterocycles. The molecular formula is C10H11ClN4O2S. The topological polar surface area (TPSA) is 76.9 Å². The first-order chi connectivity index (χ1) is 8.59. The van der Waals surface area contributed by atoms with E-state index in [1.807, 2.05) is 0 Å². The van der Waals surface area contributed by atoms with Crippen molar-refractivity contribution in [1.29, 1.82) is 0 Å². The lowest BCUT2D eigenvalue weighted by molar-refractivity contribution is 0.522. The van der Waals surface area contributed by atoms with Gasteiger partial charge in [-0.2, -0.15) is 15.0 Å². The molecule has 0 amide bonds. The van der Waals surface area contributed by atoms with E-state index in [4.69, 9.17) is 11.6 Å². The van der Waals surface area contributed by atoms with Crippen LogP contribution in [0.4, 0.5) is 0 Å². The fourth-order valence-corrected chi connectivity index (χ4v) is 2.92. The Bertz CT molecular complexity index is 613. The third kappa shape index (κ3) is 3.06. The molecule has 1 N–H and O–H groups in total. The van der Waals surface area contributed by atoms with Crippen molar-refractivity contribution in [1.82, 2.24) is 19.7 Å². The van der Waals surface area contributed by atoms with E-state index in [0.717, 1.165) is 0 Å². The van der Waals surface area contributed by atoms with Gasteiger partial charge in [0.15, 0.2) is 0 Å². The summed E-state index contributed by atoms with van der Waals surface area (Å²) in [5, 5.41) is 7.94. The van der Waals surface area contributed by atoms with Gasteiger partial charge in [-0.1, -0.05) is 23.7 Å². The molecule has 0 fully saturated rings. The zero-order chi connectivity index (χ0) is 13.0. The Morgan fingerprint density at radius 2 is 1.89 bits per heavy atom. The van der Waals surface area contributed by atoms with Crippen LogP contribution in [0.1, 0.15) is 0 Å². The van der Waals surface area contributed by atoms with Gasteiger partial charge in [-0.15, -0.1) is 0 Å². The maximum atomic E-state index is 11.9. The predicted octanol–water partition coefficient (Wildman–Crippen LogP) is 0.910. The average molecular weight is 287 g/mol. The van der Waals surface area contributed by atoms with Crippen LogP contribution < -0.4 is 4.72 Å². The van der Waals surface area contributed by atoms with Crippen molar-refractivity contribution < 1.29 is 8.42 Å². The van der Waals surface area contributed by atoms with E-state index < -0.39 is 10.0 Å². The van der Waals surface area contributed by atoms with Crippen LogP contribution in [0.2, 0.25) is 5.02 Å². The highest BCUT2D eigenvalue weighted by Crippen LogP contribution is 2.19. The predicted molar refractivity (Wildman–Crippen MR) is 66.7 cm³/mol. The second-order valence-electron chi connectivity index (χ2n) is 3.45. The van der Waals surface area contributed by atoms with Gasteiger partial charge in [0, 0.05) is 6.54 Å². The van der Waals surface area contributed by atoms with E-state index >= 15 is 0 Å². The molecule has 2 rings (SSSR count). The Labute approximate surface area is 110 Å². The fourth-order valence-electron chi connectivity index (χ4n) is 1.38. The lowest BCUT2D eigenvalue weighted by Gasteiger charge is -2.07. The van der Waals surface area contributed by atoms with Gasteiger partial charge in [-0.05, 0) is 12.1 Å². The van der Waals surface area contributed by atoms with Crippen molar-refractivity contribution in [3.63, 3.8) is 0 Å². The molecule has 1 aromatic carbocycles. The molecule has 96 valence electrons. The summed E-state index contributed by atoms with van der Waals surface area (Å²) in [7, 11) is -3.60. The number of hydrogen-bond acceptors (Lipinski definition) is 4. The third-order valence-corrected chi connectivity index (χ3v) is 4.16. The summed E-state index contributed by atoms with van der Waals surface area (Å²) in [6.45, 7) is 0.554. The average Bonchev–Trinajstić information content (AvgIpc) is 2.82. The lowest BCUT2D eigenvalue weighted by Crippen LogP contribution is -2.28. The zero-order valence-electron chi connectivity index (χ0n) is 9.32. The van der Waals surface area contributed by atoms with E-state index in [9.17, 15) is 8.42 Å². The SMILES string of the molecule is O=S(=O)(NCCn1nccn1)c1ccccc1Cl. The van der Waals surface area contributed by atoms with Crippen molar-refractivity contribution in [3.8, 4) is 0 Å². The maximum absolute atomic E-state index is 11.9. The zero-order valence-corrected chi connectivity index (χ0v) is 10.9. The van der Waals surface area contributed by atoms with Crippen molar-refractivity contribution in [2.75, 3.05) is 6.54 Å². The molecule has 0 unspecified atom stereocenters. The number of benzene rings is 1. The normalized spacial score (nSPS) is 11.6. The van der Waals surface area contributed by atoms with Crippen molar-refractivity contribution in [2.24, 2.45) is 0 Å². The molecule has 0 aliphatic rings. The van der Waals surface area contributed by atoms with Crippen LogP contribution >= 0.6 is 11.6 Å². The standard InChI is InChI=1S/C10H11ClN4O2S/c11-9-3-1-2-4-10(9)18(16,17)14-7-8-15-12-5-6-13-15/h1-6,14H,7-8H2. The quantitative estimate of drug-likeness (QED) is 0.886. The summed E-state index contributed by atoms with van der Waals surface area (Å²) in [5.41, 5.74) is 0. The maximum Gasteiger partial charge on any atom is 0.242 e. The van der Waals surface area contributed by atoms with Gasteiger partial charge in [-0.25, -0.2) is 13.1 Å². The molecule has 8 heteroatoms. The number of halogens is 1. The van der Waals surface area contributed by atoms with Gasteiger partial charge in [-0.3, -0.25) is 0 Å². The van der Waals surface area contributed by atoms with E-state index in [-0.39, 0.29) is 16.5 Å². The molecule has 0 aliphatic carbocycles. The first-order valence-electron chi connectivity index (χ1n) is 5.18. The molecule has 0 saturated heterocycles. The Morgan fingerprint density at radius 1 is 1.22 bits per heavy atom. The Hall–Kier alpha value is -1.44. The molecule has 0 spiro atoms. The first kappa shape index (κ1) is 13.0. The summed E-state index contributed by atoms with van der Waals surface area (Å²) in [6, 6.07) is 6.28. The monoisotopic (exact) mass is 286 g/mol. The molecular weight excluding hydrogens is 276 g/mol. The van der Waals surface area contributed by atoms with Gasteiger partial charge in [0.25, 0.3) is 0 Å². The van der Waals surface area contributed by atoms with Crippen LogP contribution in [0.25, 0.3) is 0 Å². The van der Waals surface area contributed by atoms with Crippen LogP contribution in [0.5, 0.6) is 0 Å². The van der Waals surface area contributed by atoms with Crippen molar-refractivity contribution >= 4 is 21.6 Å². The highest BCUT2D eigenvalue weighted by atomic mass is 35.5. The molecule has 2 aromatic rings. The molecule has 0 radical (unpaired) electrons. The fraction of sp³-hybridized carbons (Fsp3) is 0.200. The smallest absolute Gasteiger partial charge is 0.209 e. The summed E-state index contributed by atoms with van der Waals surface area (Å²) < 4.78 is 26.3. The number of rotatable bonds is 5. The summed E-state index contributed by atoms with van der Waals surface area (Å²) in [4.78, 5) is 1.47. The Morgan fingerprint density at radius 3 is 2.56 bits per heavy atom. The second kappa shape index (κ2) is 5.47. The third-order valence-electron chi connectivity index (χ3n) is 2.20. The molecule has 0 bridgehead atoms. The molecule has 6 nitrogen and oxygen atoms in total. The highest BCUT2D eigenvalue weighted by molar-refractivity contribution is 7.89. The number of aromatic nitrogens is 3. The van der Waals surface area contributed by atoms with E-state index in [0.29, 0.717) is 6.54 Å². The number of nitrogens with zero attached hydrogens (tertiary/aromatic N) is 3. The summed E-state index contributed by atoms with van der Waals surface area (Å²) in [5.74, 6) is 0. The summed E-state index contributed by atoms with van der Waals surface area (Å²) >= 11 is 5.84. The molecule has 18 heavy (non-hydrogen) atoms. The minimum Gasteiger partial charge on any atom is -0.209 e. The summed E-state index contributed by atoms with van der Waals surface area (Å²) in [6.07, 6.45) is 3.06.